The number of hydrogen-bond donors (Lipinski definition) is 1. The van der Waals surface area contributed by atoms with Crippen LogP contribution in [0.3, 0.4) is 0 Å². The summed E-state index contributed by atoms with van der Waals surface area (Å²) in [5.41, 5.74) is 0.635. The largest absolute Gasteiger partial charge is 0.444 e. The number of alkyl carbamates (subject to hydrolysis) is 1. The number of carbonyl (C=O) groups is 2. The minimum Gasteiger partial charge on any atom is -0.444 e. The van der Waals surface area contributed by atoms with Gasteiger partial charge in [-0.1, -0.05) is 30.3 Å². The smallest absolute Gasteiger partial charge is 0.407 e. The van der Waals surface area contributed by atoms with Crippen molar-refractivity contribution in [2.24, 2.45) is 0 Å². The Morgan fingerprint density at radius 1 is 1.21 bits per heavy atom. The fraction of sp³-hybridized carbons (Fsp3) is 0.556. The van der Waals surface area contributed by atoms with Crippen LogP contribution in [0.5, 0.6) is 0 Å². The Labute approximate surface area is 149 Å². The highest BCUT2D eigenvalue weighted by Crippen LogP contribution is 2.09. The summed E-state index contributed by atoms with van der Waals surface area (Å²) in [6.07, 6.45) is -0.423. The number of nitrogens with one attached hydrogen (secondary N) is 1. The third-order valence-corrected chi connectivity index (χ3v) is 4.03. The van der Waals surface area contributed by atoms with E-state index < -0.39 is 11.7 Å². The number of rotatable bonds is 8. The molecule has 134 valence electrons. The maximum atomic E-state index is 12.3. The molecule has 0 saturated carbocycles. The van der Waals surface area contributed by atoms with Gasteiger partial charge in [0.2, 0.25) is 5.91 Å². The van der Waals surface area contributed by atoms with Gasteiger partial charge in [0.25, 0.3) is 0 Å². The lowest BCUT2D eigenvalue weighted by Gasteiger charge is -2.21. The van der Waals surface area contributed by atoms with Crippen molar-refractivity contribution >= 4 is 23.8 Å². The van der Waals surface area contributed by atoms with Crippen molar-refractivity contribution in [3.05, 3.63) is 35.9 Å². The quantitative estimate of drug-likeness (QED) is 0.730. The molecule has 1 N–H and O–H groups in total. The van der Waals surface area contributed by atoms with E-state index in [0.29, 0.717) is 31.1 Å². The van der Waals surface area contributed by atoms with Crippen LogP contribution in [0.1, 0.15) is 33.3 Å². The Hall–Kier alpha value is -1.69. The third kappa shape index (κ3) is 8.82. The number of thioether (sulfide) groups is 1. The molecule has 0 heterocycles. The summed E-state index contributed by atoms with van der Waals surface area (Å²) in [7, 11) is 0. The Morgan fingerprint density at radius 3 is 2.46 bits per heavy atom. The van der Waals surface area contributed by atoms with Crippen molar-refractivity contribution in [3.63, 3.8) is 0 Å². The summed E-state index contributed by atoms with van der Waals surface area (Å²) in [4.78, 5) is 25.6. The number of nitrogens with zero attached hydrogens (tertiary/aromatic N) is 1. The zero-order chi connectivity index (χ0) is 18.0. The van der Waals surface area contributed by atoms with Crippen LogP contribution in [0.4, 0.5) is 4.79 Å². The molecule has 0 saturated heterocycles. The summed E-state index contributed by atoms with van der Waals surface area (Å²) < 4.78 is 5.15. The van der Waals surface area contributed by atoms with Crippen molar-refractivity contribution in [2.45, 2.75) is 39.8 Å². The van der Waals surface area contributed by atoms with E-state index in [1.165, 1.54) is 11.8 Å². The molecule has 0 radical (unpaired) electrons. The van der Waals surface area contributed by atoms with E-state index in [0.717, 1.165) is 5.56 Å². The molecule has 2 amide bonds. The molecule has 1 rings (SSSR count). The highest BCUT2D eigenvalue weighted by atomic mass is 32.2. The van der Waals surface area contributed by atoms with Crippen LogP contribution >= 0.6 is 11.8 Å². The first-order chi connectivity index (χ1) is 11.3. The van der Waals surface area contributed by atoms with Crippen LogP contribution in [-0.2, 0) is 16.1 Å². The predicted molar refractivity (Wildman–Crippen MR) is 99.1 cm³/mol. The van der Waals surface area contributed by atoms with E-state index >= 15 is 0 Å². The molecule has 1 aromatic rings. The van der Waals surface area contributed by atoms with Gasteiger partial charge in [0.15, 0.2) is 0 Å². The summed E-state index contributed by atoms with van der Waals surface area (Å²) in [5, 5.41) is 2.69. The highest BCUT2D eigenvalue weighted by molar-refractivity contribution is 7.99. The minimum atomic E-state index is -0.494. The first kappa shape index (κ1) is 20.4. The van der Waals surface area contributed by atoms with Gasteiger partial charge in [0.05, 0.1) is 5.75 Å². The topological polar surface area (TPSA) is 58.6 Å². The fourth-order valence-electron chi connectivity index (χ4n) is 1.97. The molecule has 6 heteroatoms. The van der Waals surface area contributed by atoms with Gasteiger partial charge >= 0.3 is 6.09 Å². The number of benzene rings is 1. The molecule has 24 heavy (non-hydrogen) atoms. The lowest BCUT2D eigenvalue weighted by atomic mass is 10.2. The van der Waals surface area contributed by atoms with Gasteiger partial charge in [-0.3, -0.25) is 4.79 Å². The van der Waals surface area contributed by atoms with Crippen molar-refractivity contribution in [2.75, 3.05) is 24.6 Å². The summed E-state index contributed by atoms with van der Waals surface area (Å²) in [6.45, 7) is 9.26. The van der Waals surface area contributed by atoms with Crippen LogP contribution < -0.4 is 5.32 Å². The lowest BCUT2D eigenvalue weighted by Crippen LogP contribution is -2.34. The van der Waals surface area contributed by atoms with Crippen LogP contribution in [-0.4, -0.2) is 47.1 Å². The Morgan fingerprint density at radius 2 is 1.88 bits per heavy atom. The Bertz CT molecular complexity index is 515. The number of hydrogen-bond acceptors (Lipinski definition) is 4. The molecular formula is C18H28N2O3S. The zero-order valence-corrected chi connectivity index (χ0v) is 15.8. The maximum absolute atomic E-state index is 12.3. The maximum Gasteiger partial charge on any atom is 0.407 e. The van der Waals surface area contributed by atoms with Crippen LogP contribution in [0, 0.1) is 0 Å². The van der Waals surface area contributed by atoms with Gasteiger partial charge in [-0.25, -0.2) is 4.79 Å². The molecule has 0 fully saturated rings. The van der Waals surface area contributed by atoms with Crippen LogP contribution in [0.25, 0.3) is 0 Å². The Kier molecular flexibility index (Phi) is 8.68. The minimum absolute atomic E-state index is 0.114. The average Bonchev–Trinajstić information content (AvgIpc) is 2.51. The van der Waals surface area contributed by atoms with Gasteiger partial charge in [-0.15, -0.1) is 0 Å². The van der Waals surface area contributed by atoms with E-state index in [1.807, 2.05) is 62.9 Å². The first-order valence-electron chi connectivity index (χ1n) is 8.18. The highest BCUT2D eigenvalue weighted by Gasteiger charge is 2.16. The molecule has 0 atom stereocenters. The van der Waals surface area contributed by atoms with Crippen molar-refractivity contribution in [1.82, 2.24) is 10.2 Å². The van der Waals surface area contributed by atoms with Crippen molar-refractivity contribution < 1.29 is 14.3 Å². The average molecular weight is 353 g/mol. The molecule has 5 nitrogen and oxygen atoms in total. The van der Waals surface area contributed by atoms with Crippen LogP contribution in [0.15, 0.2) is 30.3 Å². The van der Waals surface area contributed by atoms with Gasteiger partial charge < -0.3 is 15.0 Å². The van der Waals surface area contributed by atoms with E-state index in [1.54, 1.807) is 0 Å². The fourth-order valence-corrected chi connectivity index (χ4v) is 2.72. The standard InChI is InChI=1S/C18H28N2O3S/c1-5-20(13-15-9-7-6-8-10-15)16(21)14-24-12-11-19-17(22)23-18(2,3)4/h6-10H,5,11-14H2,1-4H3,(H,19,22). The SMILES string of the molecule is CCN(Cc1ccccc1)C(=O)CSCCNC(=O)OC(C)(C)C. The van der Waals surface area contributed by atoms with Gasteiger partial charge in [-0.2, -0.15) is 11.8 Å². The summed E-state index contributed by atoms with van der Waals surface area (Å²) in [6, 6.07) is 9.96. The van der Waals surface area contributed by atoms with Crippen molar-refractivity contribution in [1.29, 1.82) is 0 Å². The molecule has 0 bridgehead atoms. The first-order valence-corrected chi connectivity index (χ1v) is 9.33. The van der Waals surface area contributed by atoms with Crippen LogP contribution in [0.2, 0.25) is 0 Å². The number of ether oxygens (including phenoxy) is 1. The number of carbonyl (C=O) groups excluding carboxylic acids is 2. The predicted octanol–water partition coefficient (Wildman–Crippen LogP) is 3.29. The summed E-state index contributed by atoms with van der Waals surface area (Å²) >= 11 is 1.51. The second-order valence-corrected chi connectivity index (χ2v) is 7.48. The molecule has 0 spiro atoms. The number of amides is 2. The van der Waals surface area contributed by atoms with E-state index in [-0.39, 0.29) is 5.91 Å². The zero-order valence-electron chi connectivity index (χ0n) is 15.0. The second kappa shape index (κ2) is 10.2. The summed E-state index contributed by atoms with van der Waals surface area (Å²) in [5.74, 6) is 1.20. The van der Waals surface area contributed by atoms with E-state index in [4.69, 9.17) is 4.74 Å². The molecule has 0 aliphatic carbocycles. The Balaban J connectivity index is 2.23. The molecule has 0 aliphatic rings. The molecular weight excluding hydrogens is 324 g/mol. The van der Waals surface area contributed by atoms with Gasteiger partial charge in [0, 0.05) is 25.4 Å². The normalized spacial score (nSPS) is 11.0. The third-order valence-electron chi connectivity index (χ3n) is 3.09. The molecule has 1 aromatic carbocycles. The van der Waals surface area contributed by atoms with E-state index in [9.17, 15) is 9.59 Å². The monoisotopic (exact) mass is 352 g/mol. The molecule has 0 aliphatic heterocycles. The van der Waals surface area contributed by atoms with Crippen molar-refractivity contribution in [3.8, 4) is 0 Å². The molecule has 0 aromatic heterocycles. The molecule has 0 unspecified atom stereocenters. The van der Waals surface area contributed by atoms with Gasteiger partial charge in [0.1, 0.15) is 5.60 Å². The second-order valence-electron chi connectivity index (χ2n) is 6.37. The lowest BCUT2D eigenvalue weighted by molar-refractivity contribution is -0.128. The van der Waals surface area contributed by atoms with E-state index in [2.05, 4.69) is 5.32 Å². The van der Waals surface area contributed by atoms with Gasteiger partial charge in [-0.05, 0) is 33.3 Å².